The Morgan fingerprint density at radius 2 is 2.05 bits per heavy atom. The molecule has 2 saturated heterocycles. The molecule has 3 rings (SSSR count). The third-order valence-electron chi connectivity index (χ3n) is 4.28. The van der Waals surface area contributed by atoms with Crippen LogP contribution in [0.5, 0.6) is 0 Å². The molecule has 1 aromatic rings. The van der Waals surface area contributed by atoms with Crippen LogP contribution in [0.3, 0.4) is 0 Å². The second kappa shape index (κ2) is 4.56. The Hall–Kier alpha value is -1.41. The molecule has 0 bridgehead atoms. The van der Waals surface area contributed by atoms with Gasteiger partial charge in [0.05, 0.1) is 6.20 Å². The number of carbonyl (C=O) groups is 1. The molecule has 0 unspecified atom stereocenters. The maximum absolute atomic E-state index is 12.4. The largest absolute Gasteiger partial charge is 0.356 e. The quantitative estimate of drug-likeness (QED) is 0.804. The normalized spacial score (nSPS) is 23.1. The van der Waals surface area contributed by atoms with Gasteiger partial charge in [-0.3, -0.25) is 4.79 Å². The third-order valence-corrected chi connectivity index (χ3v) is 6.08. The Labute approximate surface area is 117 Å². The van der Waals surface area contributed by atoms with Crippen molar-refractivity contribution in [2.24, 2.45) is 5.41 Å². The first-order chi connectivity index (χ1) is 9.41. The van der Waals surface area contributed by atoms with Crippen molar-refractivity contribution in [1.29, 1.82) is 0 Å². The highest BCUT2D eigenvalue weighted by Crippen LogP contribution is 2.38. The van der Waals surface area contributed by atoms with Gasteiger partial charge in [0.2, 0.25) is 5.91 Å². The lowest BCUT2D eigenvalue weighted by Crippen LogP contribution is -2.44. The number of aromatic nitrogens is 2. The summed E-state index contributed by atoms with van der Waals surface area (Å²) in [5.74, 6) is 0.660. The highest BCUT2D eigenvalue weighted by atomic mass is 32.2. The number of sulfonamides is 1. The zero-order chi connectivity index (χ0) is 14.4. The number of carbonyl (C=O) groups excluding carboxylic acids is 1. The smallest absolute Gasteiger partial charge is 0.260 e. The molecule has 2 N–H and O–H groups in total. The first-order valence-corrected chi connectivity index (χ1v) is 8.14. The summed E-state index contributed by atoms with van der Waals surface area (Å²) in [4.78, 5) is 18.1. The van der Waals surface area contributed by atoms with Crippen LogP contribution >= 0.6 is 0 Å². The molecule has 110 valence electrons. The van der Waals surface area contributed by atoms with Gasteiger partial charge >= 0.3 is 0 Å². The van der Waals surface area contributed by atoms with Gasteiger partial charge in [-0.25, -0.2) is 13.4 Å². The van der Waals surface area contributed by atoms with Gasteiger partial charge in [0.25, 0.3) is 10.0 Å². The van der Waals surface area contributed by atoms with Gasteiger partial charge in [-0.05, 0) is 25.2 Å². The van der Waals surface area contributed by atoms with Gasteiger partial charge in [0.15, 0.2) is 5.03 Å². The fraction of sp³-hybridized carbons (Fsp3) is 0.667. The number of amides is 1. The minimum atomic E-state index is -3.49. The Bertz CT molecular complexity index is 629. The summed E-state index contributed by atoms with van der Waals surface area (Å²) in [5, 5.41) is 2.99. The van der Waals surface area contributed by atoms with E-state index in [-0.39, 0.29) is 16.3 Å². The number of piperidine rings is 1. The molecule has 2 aliphatic heterocycles. The second-order valence-corrected chi connectivity index (χ2v) is 7.60. The van der Waals surface area contributed by atoms with Crippen molar-refractivity contribution in [2.45, 2.75) is 31.2 Å². The molecule has 20 heavy (non-hydrogen) atoms. The fourth-order valence-electron chi connectivity index (χ4n) is 2.97. The number of hydrogen-bond acceptors (Lipinski definition) is 4. The predicted molar refractivity (Wildman–Crippen MR) is 71.4 cm³/mol. The predicted octanol–water partition coefficient (Wildman–Crippen LogP) is 0.00892. The molecule has 0 aromatic carbocycles. The molecular formula is C12H18N4O3S. The molecule has 1 spiro atoms. The summed E-state index contributed by atoms with van der Waals surface area (Å²) in [6.07, 6.45) is 3.32. The Morgan fingerprint density at radius 3 is 2.55 bits per heavy atom. The number of nitrogens with zero attached hydrogens (tertiary/aromatic N) is 2. The van der Waals surface area contributed by atoms with Gasteiger partial charge in [-0.2, -0.15) is 4.31 Å². The number of rotatable bonds is 2. The fourth-order valence-corrected chi connectivity index (χ4v) is 4.38. The Kier molecular flexibility index (Phi) is 3.09. The van der Waals surface area contributed by atoms with E-state index in [0.717, 1.165) is 12.8 Å². The van der Waals surface area contributed by atoms with E-state index < -0.39 is 10.0 Å². The lowest BCUT2D eigenvalue weighted by molar-refractivity contribution is -0.119. The summed E-state index contributed by atoms with van der Waals surface area (Å²) >= 11 is 0. The number of aromatic amines is 1. The molecule has 0 atom stereocenters. The van der Waals surface area contributed by atoms with E-state index >= 15 is 0 Å². The number of hydrogen-bond donors (Lipinski definition) is 2. The number of aryl methyl sites for hydroxylation is 1. The van der Waals surface area contributed by atoms with Crippen LogP contribution in [-0.2, 0) is 14.8 Å². The van der Waals surface area contributed by atoms with Gasteiger partial charge in [0, 0.05) is 26.1 Å². The molecule has 0 radical (unpaired) electrons. The summed E-state index contributed by atoms with van der Waals surface area (Å²) in [7, 11) is -3.49. The lowest BCUT2D eigenvalue weighted by Gasteiger charge is -2.37. The van der Waals surface area contributed by atoms with Crippen molar-refractivity contribution >= 4 is 15.9 Å². The third kappa shape index (κ3) is 2.22. The first kappa shape index (κ1) is 13.6. The van der Waals surface area contributed by atoms with E-state index in [1.54, 1.807) is 6.92 Å². The second-order valence-electron chi connectivity index (χ2n) is 5.69. The highest BCUT2D eigenvalue weighted by Gasteiger charge is 2.43. The monoisotopic (exact) mass is 298 g/mol. The SMILES string of the molecule is Cc1ncc(S(=O)(=O)N2CCC3(CC2)CNC(=O)C3)[nH]1. The molecule has 7 nitrogen and oxygen atoms in total. The standard InChI is InChI=1S/C12H18N4O3S/c1-9-13-7-11(15-9)20(18,19)16-4-2-12(3-5-16)6-10(17)14-8-12/h7H,2-6,8H2,1H3,(H,13,15)(H,14,17). The van der Waals surface area contributed by atoms with Crippen LogP contribution in [-0.4, -0.2) is 48.2 Å². The summed E-state index contributed by atoms with van der Waals surface area (Å²) < 4.78 is 26.4. The Morgan fingerprint density at radius 1 is 1.35 bits per heavy atom. The summed E-state index contributed by atoms with van der Waals surface area (Å²) in [6, 6.07) is 0. The van der Waals surface area contributed by atoms with Gasteiger partial charge < -0.3 is 10.3 Å². The molecule has 0 aliphatic carbocycles. The van der Waals surface area contributed by atoms with Crippen LogP contribution in [0.4, 0.5) is 0 Å². The molecule has 1 amide bonds. The van der Waals surface area contributed by atoms with E-state index in [0.29, 0.717) is 31.9 Å². The highest BCUT2D eigenvalue weighted by molar-refractivity contribution is 7.89. The average Bonchev–Trinajstić information content (AvgIpc) is 2.98. The van der Waals surface area contributed by atoms with E-state index in [1.807, 2.05) is 0 Å². The van der Waals surface area contributed by atoms with Crippen molar-refractivity contribution in [3.63, 3.8) is 0 Å². The molecule has 1 aromatic heterocycles. The number of imidazole rings is 1. The topological polar surface area (TPSA) is 95.2 Å². The average molecular weight is 298 g/mol. The minimum Gasteiger partial charge on any atom is -0.356 e. The maximum atomic E-state index is 12.4. The van der Waals surface area contributed by atoms with Crippen molar-refractivity contribution in [2.75, 3.05) is 19.6 Å². The van der Waals surface area contributed by atoms with Crippen molar-refractivity contribution in [3.05, 3.63) is 12.0 Å². The summed E-state index contributed by atoms with van der Waals surface area (Å²) in [5.41, 5.74) is -0.0486. The van der Waals surface area contributed by atoms with Crippen LogP contribution in [0, 0.1) is 12.3 Å². The van der Waals surface area contributed by atoms with Gasteiger partial charge in [-0.15, -0.1) is 0 Å². The molecule has 2 fully saturated rings. The van der Waals surface area contributed by atoms with Crippen LogP contribution in [0.25, 0.3) is 0 Å². The minimum absolute atomic E-state index is 0.0486. The van der Waals surface area contributed by atoms with E-state index in [9.17, 15) is 13.2 Å². The van der Waals surface area contributed by atoms with Crippen molar-refractivity contribution in [3.8, 4) is 0 Å². The zero-order valence-electron chi connectivity index (χ0n) is 11.3. The van der Waals surface area contributed by atoms with E-state index in [4.69, 9.17) is 0 Å². The molecule has 3 heterocycles. The van der Waals surface area contributed by atoms with Crippen LogP contribution in [0.1, 0.15) is 25.1 Å². The van der Waals surface area contributed by atoms with Gasteiger partial charge in [0.1, 0.15) is 5.82 Å². The van der Waals surface area contributed by atoms with Crippen LogP contribution in [0.15, 0.2) is 11.2 Å². The van der Waals surface area contributed by atoms with Crippen molar-refractivity contribution in [1.82, 2.24) is 19.6 Å². The Balaban J connectivity index is 1.73. The number of nitrogens with one attached hydrogen (secondary N) is 2. The zero-order valence-corrected chi connectivity index (χ0v) is 12.2. The molecular weight excluding hydrogens is 280 g/mol. The number of H-pyrrole nitrogens is 1. The lowest BCUT2D eigenvalue weighted by atomic mass is 9.78. The molecule has 0 saturated carbocycles. The summed E-state index contributed by atoms with van der Waals surface area (Å²) in [6.45, 7) is 3.30. The van der Waals surface area contributed by atoms with Gasteiger partial charge in [-0.1, -0.05) is 0 Å². The molecule has 8 heteroatoms. The van der Waals surface area contributed by atoms with E-state index in [2.05, 4.69) is 15.3 Å². The van der Waals surface area contributed by atoms with Crippen LogP contribution in [0.2, 0.25) is 0 Å². The van der Waals surface area contributed by atoms with Crippen molar-refractivity contribution < 1.29 is 13.2 Å². The van der Waals surface area contributed by atoms with Crippen LogP contribution < -0.4 is 5.32 Å². The molecule has 2 aliphatic rings. The maximum Gasteiger partial charge on any atom is 0.260 e. The van der Waals surface area contributed by atoms with E-state index in [1.165, 1.54) is 10.5 Å². The first-order valence-electron chi connectivity index (χ1n) is 6.70.